The molecule has 1 fully saturated rings. The number of hydrogen-bond donors (Lipinski definition) is 1. The van der Waals surface area contributed by atoms with Crippen molar-refractivity contribution in [1.29, 1.82) is 0 Å². The maximum Gasteiger partial charge on any atom is 0.311 e. The fourth-order valence-electron chi connectivity index (χ4n) is 3.08. The van der Waals surface area contributed by atoms with Gasteiger partial charge in [0.25, 0.3) is 11.6 Å². The van der Waals surface area contributed by atoms with Crippen molar-refractivity contribution in [2.45, 2.75) is 13.3 Å². The van der Waals surface area contributed by atoms with Crippen LogP contribution in [0.25, 0.3) is 0 Å². The molecule has 1 heterocycles. The van der Waals surface area contributed by atoms with Crippen LogP contribution < -0.4 is 5.43 Å². The Morgan fingerprint density at radius 2 is 1.87 bits per heavy atom. The van der Waals surface area contributed by atoms with Gasteiger partial charge < -0.3 is 4.74 Å². The van der Waals surface area contributed by atoms with Gasteiger partial charge in [0.1, 0.15) is 0 Å². The van der Waals surface area contributed by atoms with Crippen LogP contribution in [0, 0.1) is 23.0 Å². The highest BCUT2D eigenvalue weighted by atomic mass is 16.6. The molecule has 1 N–H and O–H groups in total. The Morgan fingerprint density at radius 3 is 2.58 bits per heavy atom. The predicted molar refractivity (Wildman–Crippen MR) is 107 cm³/mol. The Hall–Kier alpha value is -4.08. The minimum Gasteiger partial charge on any atom is -0.457 e. The van der Waals surface area contributed by atoms with Crippen molar-refractivity contribution < 1.29 is 28.8 Å². The van der Waals surface area contributed by atoms with E-state index in [-0.39, 0.29) is 24.2 Å². The van der Waals surface area contributed by atoms with Crippen molar-refractivity contribution in [3.05, 3.63) is 75.3 Å². The average molecular weight is 425 g/mol. The first-order valence-electron chi connectivity index (χ1n) is 9.37. The molecule has 1 aliphatic rings. The Bertz CT molecular complexity index is 1070. The monoisotopic (exact) mass is 425 g/mol. The summed E-state index contributed by atoms with van der Waals surface area (Å²) in [5.74, 6) is -3.14. The van der Waals surface area contributed by atoms with Crippen molar-refractivity contribution in [2.75, 3.05) is 13.2 Å². The van der Waals surface area contributed by atoms with E-state index < -0.39 is 41.0 Å². The zero-order valence-electron chi connectivity index (χ0n) is 16.6. The topological polar surface area (TPSA) is 136 Å². The summed E-state index contributed by atoms with van der Waals surface area (Å²) in [7, 11) is 0. The maximum atomic E-state index is 12.3. The molecule has 1 aliphatic heterocycles. The summed E-state index contributed by atoms with van der Waals surface area (Å²) in [6, 6.07) is 11.9. The highest BCUT2D eigenvalue weighted by Gasteiger charge is 2.36. The van der Waals surface area contributed by atoms with Crippen LogP contribution in [0.4, 0.5) is 5.69 Å². The lowest BCUT2D eigenvalue weighted by molar-refractivity contribution is -0.384. The Kier molecular flexibility index (Phi) is 6.39. The quantitative estimate of drug-likeness (QED) is 0.309. The molecule has 2 aromatic rings. The van der Waals surface area contributed by atoms with Crippen molar-refractivity contribution in [2.24, 2.45) is 5.92 Å². The molecule has 1 saturated heterocycles. The number of ether oxygens (including phenoxy) is 1. The van der Waals surface area contributed by atoms with Gasteiger partial charge in [0.15, 0.2) is 6.61 Å². The van der Waals surface area contributed by atoms with Gasteiger partial charge in [-0.05, 0) is 19.1 Å². The second kappa shape index (κ2) is 9.16. The molecule has 31 heavy (non-hydrogen) atoms. The van der Waals surface area contributed by atoms with Crippen LogP contribution in [0.1, 0.15) is 32.7 Å². The van der Waals surface area contributed by atoms with Gasteiger partial charge in [0.05, 0.1) is 17.4 Å². The first kappa shape index (κ1) is 21.6. The van der Waals surface area contributed by atoms with Crippen LogP contribution in [0.3, 0.4) is 0 Å². The second-order valence-electron chi connectivity index (χ2n) is 7.05. The summed E-state index contributed by atoms with van der Waals surface area (Å²) in [5.41, 5.74) is 3.52. The van der Waals surface area contributed by atoms with Gasteiger partial charge in [-0.1, -0.05) is 29.8 Å². The maximum absolute atomic E-state index is 12.3. The van der Waals surface area contributed by atoms with Crippen LogP contribution in [0.5, 0.6) is 0 Å². The van der Waals surface area contributed by atoms with Crippen LogP contribution in [0.2, 0.25) is 0 Å². The molecule has 160 valence electrons. The summed E-state index contributed by atoms with van der Waals surface area (Å²) in [6.45, 7) is 1.14. The predicted octanol–water partition coefficient (Wildman–Crippen LogP) is 1.82. The minimum atomic E-state index is -0.844. The van der Waals surface area contributed by atoms with E-state index >= 15 is 0 Å². The van der Waals surface area contributed by atoms with Gasteiger partial charge in [-0.2, -0.15) is 0 Å². The van der Waals surface area contributed by atoms with Crippen LogP contribution in [-0.2, 0) is 14.3 Å². The molecular weight excluding hydrogens is 406 g/mol. The number of carbonyl (C=O) groups excluding carboxylic acids is 4. The second-order valence-corrected chi connectivity index (χ2v) is 7.05. The number of benzene rings is 2. The molecule has 1 atom stereocenters. The normalized spacial score (nSPS) is 15.5. The molecule has 10 nitrogen and oxygen atoms in total. The van der Waals surface area contributed by atoms with E-state index in [4.69, 9.17) is 4.74 Å². The number of ketones is 1. The van der Waals surface area contributed by atoms with Crippen molar-refractivity contribution in [3.63, 3.8) is 0 Å². The van der Waals surface area contributed by atoms with Crippen LogP contribution in [-0.4, -0.2) is 46.7 Å². The summed E-state index contributed by atoms with van der Waals surface area (Å²) in [6.07, 6.45) is -0.169. The van der Waals surface area contributed by atoms with Crippen molar-refractivity contribution >= 4 is 29.3 Å². The zero-order chi connectivity index (χ0) is 22.5. The van der Waals surface area contributed by atoms with Gasteiger partial charge in [0, 0.05) is 29.7 Å². The van der Waals surface area contributed by atoms with Gasteiger partial charge >= 0.3 is 5.97 Å². The number of non-ortho nitro benzene ring substituents is 1. The number of hydrazine groups is 1. The molecule has 2 amide bonds. The number of hydrogen-bond acceptors (Lipinski definition) is 7. The molecule has 0 saturated carbocycles. The Labute approximate surface area is 176 Å². The molecule has 0 spiro atoms. The first-order valence-corrected chi connectivity index (χ1v) is 9.37. The van der Waals surface area contributed by atoms with Crippen molar-refractivity contribution in [3.8, 4) is 0 Å². The SMILES string of the molecule is Cc1cccc(C(=O)NN2C[C@@H](C(=O)OCC(=O)c3cccc([N+](=O)[O-])c3)CC2=O)c1. The number of carbonyl (C=O) groups is 4. The summed E-state index contributed by atoms with van der Waals surface area (Å²) >= 11 is 0. The van der Waals surface area contributed by atoms with Gasteiger partial charge in [-0.25, -0.2) is 0 Å². The molecular formula is C21H19N3O7. The first-order chi connectivity index (χ1) is 14.7. The lowest BCUT2D eigenvalue weighted by Crippen LogP contribution is -2.43. The third-order valence-electron chi connectivity index (χ3n) is 4.70. The molecule has 0 unspecified atom stereocenters. The summed E-state index contributed by atoms with van der Waals surface area (Å²) in [4.78, 5) is 59.1. The molecule has 0 bridgehead atoms. The fourth-order valence-corrected chi connectivity index (χ4v) is 3.08. The molecule has 2 aromatic carbocycles. The van der Waals surface area contributed by atoms with Crippen molar-refractivity contribution in [1.82, 2.24) is 10.4 Å². The van der Waals surface area contributed by atoms with E-state index in [1.807, 2.05) is 13.0 Å². The number of Topliss-reactive ketones (excluding diaryl/α,β-unsaturated/α-hetero) is 1. The van der Waals surface area contributed by atoms with E-state index in [0.29, 0.717) is 5.56 Å². The Balaban J connectivity index is 1.54. The van der Waals surface area contributed by atoms with E-state index in [2.05, 4.69) is 5.43 Å². The van der Waals surface area contributed by atoms with Gasteiger partial charge in [-0.15, -0.1) is 0 Å². The number of rotatable bonds is 7. The van der Waals surface area contributed by atoms with E-state index in [0.717, 1.165) is 16.6 Å². The molecule has 0 aromatic heterocycles. The highest BCUT2D eigenvalue weighted by Crippen LogP contribution is 2.19. The van der Waals surface area contributed by atoms with E-state index in [1.54, 1.807) is 18.2 Å². The molecule has 0 aliphatic carbocycles. The molecule has 3 rings (SSSR count). The minimum absolute atomic E-state index is 0.0385. The average Bonchev–Trinajstić information content (AvgIpc) is 3.12. The van der Waals surface area contributed by atoms with Crippen LogP contribution in [0.15, 0.2) is 48.5 Å². The standard InChI is InChI=1S/C21H19N3O7/c1-13-4-2-6-15(8-13)20(27)22-23-11-16(10-19(23)26)21(28)31-12-18(25)14-5-3-7-17(9-14)24(29)30/h2-9,16H,10-12H2,1H3,(H,22,27)/t16-/m0/s1. The van der Waals surface area contributed by atoms with Crippen LogP contribution >= 0.6 is 0 Å². The molecule has 0 radical (unpaired) electrons. The number of nitro benzene ring substituents is 1. The van der Waals surface area contributed by atoms with Gasteiger partial charge in [0.2, 0.25) is 11.7 Å². The third kappa shape index (κ3) is 5.30. The number of amides is 2. The number of nitrogens with zero attached hydrogens (tertiary/aromatic N) is 2. The van der Waals surface area contributed by atoms with Gasteiger partial charge in [-0.3, -0.25) is 39.7 Å². The summed E-state index contributed by atoms with van der Waals surface area (Å²) in [5, 5.41) is 11.9. The Morgan fingerprint density at radius 1 is 1.16 bits per heavy atom. The zero-order valence-corrected chi connectivity index (χ0v) is 16.6. The highest BCUT2D eigenvalue weighted by molar-refractivity contribution is 5.99. The lowest BCUT2D eigenvalue weighted by atomic mass is 10.1. The third-order valence-corrected chi connectivity index (χ3v) is 4.70. The fraction of sp³-hybridized carbons (Fsp3) is 0.238. The smallest absolute Gasteiger partial charge is 0.311 e. The number of esters is 1. The largest absolute Gasteiger partial charge is 0.457 e. The van der Waals surface area contributed by atoms with E-state index in [9.17, 15) is 29.3 Å². The number of aryl methyl sites for hydroxylation is 1. The van der Waals surface area contributed by atoms with E-state index in [1.165, 1.54) is 18.2 Å². The number of nitrogens with one attached hydrogen (secondary N) is 1. The molecule has 10 heteroatoms. The summed E-state index contributed by atoms with van der Waals surface area (Å²) < 4.78 is 4.99. The lowest BCUT2D eigenvalue weighted by Gasteiger charge is -2.17. The number of nitro groups is 1.